The number of nitrogens with two attached hydrogens (primary N) is 2. The minimum Gasteiger partial charge on any atom is -0.480 e. The number of carbonyl (C=O) groups is 1. The molecule has 10 nitrogen and oxygen atoms in total. The van der Waals surface area contributed by atoms with Crippen LogP contribution < -0.4 is 11.5 Å². The first-order chi connectivity index (χ1) is 10.1. The molecule has 0 bridgehead atoms. The van der Waals surface area contributed by atoms with Crippen molar-refractivity contribution < 1.29 is 40.5 Å². The number of carboxylic acid groups (broad SMARTS) is 1. The highest BCUT2D eigenvalue weighted by atomic mass is 16.4. The van der Waals surface area contributed by atoms with Crippen LogP contribution in [0.5, 0.6) is 0 Å². The molecule has 6 atom stereocenters. The summed E-state index contributed by atoms with van der Waals surface area (Å²) in [5, 5.41) is 66.0. The third-order valence-electron chi connectivity index (χ3n) is 3.58. The number of aliphatic hydroxyl groups is 6. The average molecular weight is 326 g/mol. The smallest absolute Gasteiger partial charge is 0.326 e. The molecule has 11 N–H and O–H groups in total. The van der Waals surface area contributed by atoms with E-state index in [2.05, 4.69) is 0 Å². The van der Waals surface area contributed by atoms with E-state index in [1.165, 1.54) is 0 Å². The molecule has 0 amide bonds. The second-order valence-corrected chi connectivity index (χ2v) is 5.26. The fraction of sp³-hybridized carbons (Fsp3) is 0.917. The molecule has 0 aromatic heterocycles. The van der Waals surface area contributed by atoms with Crippen LogP contribution in [0.3, 0.4) is 0 Å². The van der Waals surface area contributed by atoms with E-state index in [0.29, 0.717) is 13.0 Å². The van der Waals surface area contributed by atoms with Crippen LogP contribution in [0.2, 0.25) is 0 Å². The van der Waals surface area contributed by atoms with E-state index in [-0.39, 0.29) is 12.8 Å². The molecule has 0 radical (unpaired) electrons. The monoisotopic (exact) mass is 326 g/mol. The van der Waals surface area contributed by atoms with E-state index in [4.69, 9.17) is 21.7 Å². The van der Waals surface area contributed by atoms with E-state index in [0.717, 1.165) is 0 Å². The highest BCUT2D eigenvalue weighted by Crippen LogP contribution is 2.22. The molecule has 132 valence electrons. The van der Waals surface area contributed by atoms with Crippen LogP contribution >= 0.6 is 0 Å². The normalized spacial score (nSPS) is 21.5. The third-order valence-corrected chi connectivity index (χ3v) is 3.58. The summed E-state index contributed by atoms with van der Waals surface area (Å²) in [6.07, 6.45) is -9.63. The van der Waals surface area contributed by atoms with Gasteiger partial charge in [-0.2, -0.15) is 0 Å². The Bertz CT molecular complexity index is 345. The fourth-order valence-electron chi connectivity index (χ4n) is 1.97. The fourth-order valence-corrected chi connectivity index (χ4v) is 1.97. The maximum absolute atomic E-state index is 11.3. The summed E-state index contributed by atoms with van der Waals surface area (Å²) in [5.41, 5.74) is 8.63. The maximum atomic E-state index is 11.3. The van der Waals surface area contributed by atoms with Gasteiger partial charge < -0.3 is 47.2 Å². The van der Waals surface area contributed by atoms with E-state index < -0.39 is 48.6 Å². The SMILES string of the molecule is NCCCCC(N)(C(=O)O)C(O)[C@@H](O)[C@H](O)[C@@H](O)[C@@H](O)CO. The second-order valence-electron chi connectivity index (χ2n) is 5.26. The van der Waals surface area contributed by atoms with Gasteiger partial charge in [0.05, 0.1) is 6.61 Å². The lowest BCUT2D eigenvalue weighted by molar-refractivity contribution is -0.169. The Labute approximate surface area is 127 Å². The second kappa shape index (κ2) is 9.33. The van der Waals surface area contributed by atoms with Gasteiger partial charge in [-0.15, -0.1) is 0 Å². The highest BCUT2D eigenvalue weighted by molar-refractivity contribution is 5.79. The van der Waals surface area contributed by atoms with Crippen molar-refractivity contribution in [2.24, 2.45) is 11.5 Å². The summed E-state index contributed by atoms with van der Waals surface area (Å²) < 4.78 is 0. The van der Waals surface area contributed by atoms with Gasteiger partial charge in [-0.05, 0) is 25.8 Å². The van der Waals surface area contributed by atoms with Gasteiger partial charge in [-0.3, -0.25) is 4.79 Å². The molecule has 0 aliphatic carbocycles. The Kier molecular flexibility index (Phi) is 8.96. The van der Waals surface area contributed by atoms with Crippen LogP contribution in [-0.2, 0) is 4.79 Å². The minimum absolute atomic E-state index is 0.219. The maximum Gasteiger partial charge on any atom is 0.326 e. The van der Waals surface area contributed by atoms with Gasteiger partial charge in [-0.25, -0.2) is 0 Å². The van der Waals surface area contributed by atoms with Crippen molar-refractivity contribution in [1.29, 1.82) is 0 Å². The lowest BCUT2D eigenvalue weighted by atomic mass is 9.82. The first-order valence-corrected chi connectivity index (χ1v) is 6.87. The molecule has 0 fully saturated rings. The summed E-state index contributed by atoms with van der Waals surface area (Å²) in [7, 11) is 0. The van der Waals surface area contributed by atoms with Crippen molar-refractivity contribution in [2.75, 3.05) is 13.2 Å². The van der Waals surface area contributed by atoms with Crippen molar-refractivity contribution >= 4 is 5.97 Å². The van der Waals surface area contributed by atoms with Crippen LogP contribution in [0.15, 0.2) is 0 Å². The largest absolute Gasteiger partial charge is 0.480 e. The topological polar surface area (TPSA) is 211 Å². The van der Waals surface area contributed by atoms with Gasteiger partial charge in [-0.1, -0.05) is 0 Å². The van der Waals surface area contributed by atoms with Crippen LogP contribution in [0, 0.1) is 0 Å². The summed E-state index contributed by atoms with van der Waals surface area (Å²) in [6, 6.07) is 0. The van der Waals surface area contributed by atoms with Crippen LogP contribution in [0.1, 0.15) is 19.3 Å². The molecule has 22 heavy (non-hydrogen) atoms. The molecular weight excluding hydrogens is 300 g/mol. The van der Waals surface area contributed by atoms with Gasteiger partial charge in [0.2, 0.25) is 0 Å². The van der Waals surface area contributed by atoms with E-state index in [1.54, 1.807) is 0 Å². The predicted octanol–water partition coefficient (Wildman–Crippen LogP) is -4.31. The number of rotatable bonds is 11. The number of aliphatic carboxylic acids is 1. The molecular formula is C12H26N2O8. The Morgan fingerprint density at radius 1 is 1.00 bits per heavy atom. The van der Waals surface area contributed by atoms with Gasteiger partial charge in [0.15, 0.2) is 0 Å². The first kappa shape index (κ1) is 21.1. The molecule has 10 heteroatoms. The molecule has 0 spiro atoms. The van der Waals surface area contributed by atoms with E-state index in [1.807, 2.05) is 0 Å². The van der Waals surface area contributed by atoms with Crippen molar-refractivity contribution in [1.82, 2.24) is 0 Å². The summed E-state index contributed by atoms with van der Waals surface area (Å²) in [5.74, 6) is -1.60. The molecule has 0 saturated heterocycles. The van der Waals surface area contributed by atoms with Gasteiger partial charge in [0.25, 0.3) is 0 Å². The zero-order valence-corrected chi connectivity index (χ0v) is 12.1. The van der Waals surface area contributed by atoms with Gasteiger partial charge >= 0.3 is 5.97 Å². The Morgan fingerprint density at radius 2 is 1.55 bits per heavy atom. The lowest BCUT2D eigenvalue weighted by Gasteiger charge is -2.36. The number of aliphatic hydroxyl groups excluding tert-OH is 6. The molecule has 0 aromatic carbocycles. The minimum atomic E-state index is -2.26. The zero-order chi connectivity index (χ0) is 17.5. The third kappa shape index (κ3) is 5.11. The van der Waals surface area contributed by atoms with Crippen molar-refractivity contribution in [3.05, 3.63) is 0 Å². The molecule has 2 unspecified atom stereocenters. The first-order valence-electron chi connectivity index (χ1n) is 6.87. The quantitative estimate of drug-likeness (QED) is 0.167. The zero-order valence-electron chi connectivity index (χ0n) is 12.1. The van der Waals surface area contributed by atoms with Crippen molar-refractivity contribution in [2.45, 2.75) is 55.3 Å². The van der Waals surface area contributed by atoms with Crippen molar-refractivity contribution in [3.63, 3.8) is 0 Å². The standard InChI is InChI=1S/C12H26N2O8/c13-4-2-1-3-12(14,11(21)22)10(20)9(19)8(18)7(17)6(16)5-15/h6-10,15-20H,1-5,13-14H2,(H,21,22)/t6-,7-,8+,9-,10?,12?/m0/s1. The van der Waals surface area contributed by atoms with E-state index >= 15 is 0 Å². The summed E-state index contributed by atoms with van der Waals surface area (Å²) in [4.78, 5) is 11.3. The lowest BCUT2D eigenvalue weighted by Crippen LogP contribution is -2.64. The highest BCUT2D eigenvalue weighted by Gasteiger charge is 2.48. The Balaban J connectivity index is 5.05. The molecule has 0 heterocycles. The molecule has 0 aliphatic heterocycles. The summed E-state index contributed by atoms with van der Waals surface area (Å²) in [6.45, 7) is -0.609. The van der Waals surface area contributed by atoms with Crippen molar-refractivity contribution in [3.8, 4) is 0 Å². The predicted molar refractivity (Wildman–Crippen MR) is 74.6 cm³/mol. The number of hydrogen-bond acceptors (Lipinski definition) is 9. The number of unbranched alkanes of at least 4 members (excludes halogenated alkanes) is 1. The Morgan fingerprint density at radius 3 is 1.95 bits per heavy atom. The Hall–Kier alpha value is -0.850. The molecule has 0 saturated carbocycles. The number of carboxylic acids is 1. The van der Waals surface area contributed by atoms with Gasteiger partial charge in [0, 0.05) is 0 Å². The van der Waals surface area contributed by atoms with Crippen LogP contribution in [-0.4, -0.2) is 90.9 Å². The van der Waals surface area contributed by atoms with Crippen LogP contribution in [0.4, 0.5) is 0 Å². The average Bonchev–Trinajstić information content (AvgIpc) is 2.50. The summed E-state index contributed by atoms with van der Waals surface area (Å²) >= 11 is 0. The van der Waals surface area contributed by atoms with E-state index in [9.17, 15) is 30.3 Å². The molecule has 0 rings (SSSR count). The molecule has 0 aromatic rings. The van der Waals surface area contributed by atoms with Gasteiger partial charge in [0.1, 0.15) is 36.1 Å². The van der Waals surface area contributed by atoms with Crippen LogP contribution in [0.25, 0.3) is 0 Å². The number of hydrogen-bond donors (Lipinski definition) is 9. The molecule has 0 aliphatic rings.